The summed E-state index contributed by atoms with van der Waals surface area (Å²) in [6.45, 7) is 8.16. The van der Waals surface area contributed by atoms with Gasteiger partial charge in [0.15, 0.2) is 0 Å². The highest BCUT2D eigenvalue weighted by atomic mass is 16.5. The third kappa shape index (κ3) is 4.21. The van der Waals surface area contributed by atoms with Crippen molar-refractivity contribution in [3.05, 3.63) is 42.0 Å². The lowest BCUT2D eigenvalue weighted by molar-refractivity contribution is 0.140. The molecule has 0 heterocycles. The number of nitrogens with one attached hydrogen (secondary N) is 1. The van der Waals surface area contributed by atoms with E-state index >= 15 is 0 Å². The van der Waals surface area contributed by atoms with Gasteiger partial charge in [-0.25, -0.2) is 0 Å². The molecule has 2 unspecified atom stereocenters. The summed E-state index contributed by atoms with van der Waals surface area (Å²) in [4.78, 5) is 0. The SMILES string of the molecule is C=C(C)COc1ccc(C(O)C(C)NC)cc1. The van der Waals surface area contributed by atoms with Gasteiger partial charge in [-0.1, -0.05) is 18.7 Å². The van der Waals surface area contributed by atoms with Crippen LogP contribution in [0, 0.1) is 0 Å². The van der Waals surface area contributed by atoms with Crippen LogP contribution in [0.4, 0.5) is 0 Å². The molecule has 0 saturated carbocycles. The lowest BCUT2D eigenvalue weighted by Gasteiger charge is -2.18. The Morgan fingerprint density at radius 3 is 2.47 bits per heavy atom. The van der Waals surface area contributed by atoms with Gasteiger partial charge in [-0.2, -0.15) is 0 Å². The Labute approximate surface area is 103 Å². The topological polar surface area (TPSA) is 41.5 Å². The smallest absolute Gasteiger partial charge is 0.119 e. The molecule has 17 heavy (non-hydrogen) atoms. The van der Waals surface area contributed by atoms with E-state index in [1.165, 1.54) is 0 Å². The lowest BCUT2D eigenvalue weighted by atomic mass is 10.0. The van der Waals surface area contributed by atoms with Crippen molar-refractivity contribution >= 4 is 0 Å². The van der Waals surface area contributed by atoms with Crippen molar-refractivity contribution in [3.63, 3.8) is 0 Å². The Bertz CT molecular complexity index is 359. The summed E-state index contributed by atoms with van der Waals surface area (Å²) < 4.78 is 5.49. The average Bonchev–Trinajstić information content (AvgIpc) is 2.35. The van der Waals surface area contributed by atoms with Gasteiger partial charge >= 0.3 is 0 Å². The van der Waals surface area contributed by atoms with Crippen molar-refractivity contribution in [2.45, 2.75) is 26.0 Å². The molecule has 1 rings (SSSR count). The van der Waals surface area contributed by atoms with E-state index in [1.54, 1.807) is 0 Å². The van der Waals surface area contributed by atoms with E-state index in [9.17, 15) is 5.11 Å². The van der Waals surface area contributed by atoms with Gasteiger partial charge in [0.2, 0.25) is 0 Å². The number of benzene rings is 1. The predicted molar refractivity (Wildman–Crippen MR) is 70.2 cm³/mol. The van der Waals surface area contributed by atoms with Crippen LogP contribution in [0.5, 0.6) is 5.75 Å². The molecule has 2 atom stereocenters. The summed E-state index contributed by atoms with van der Waals surface area (Å²) in [5.41, 5.74) is 1.87. The van der Waals surface area contributed by atoms with Crippen LogP contribution in [-0.2, 0) is 0 Å². The van der Waals surface area contributed by atoms with E-state index in [2.05, 4.69) is 11.9 Å². The molecular weight excluding hydrogens is 214 g/mol. The summed E-state index contributed by atoms with van der Waals surface area (Å²) in [5.74, 6) is 0.793. The van der Waals surface area contributed by atoms with E-state index in [4.69, 9.17) is 4.74 Å². The monoisotopic (exact) mass is 235 g/mol. The first-order valence-electron chi connectivity index (χ1n) is 5.77. The van der Waals surface area contributed by atoms with Crippen LogP contribution in [-0.4, -0.2) is 24.8 Å². The first-order chi connectivity index (χ1) is 8.04. The fourth-order valence-electron chi connectivity index (χ4n) is 1.41. The Morgan fingerprint density at radius 1 is 1.41 bits per heavy atom. The van der Waals surface area contributed by atoms with E-state index in [-0.39, 0.29) is 6.04 Å². The molecule has 0 saturated heterocycles. The first-order valence-corrected chi connectivity index (χ1v) is 5.77. The fourth-order valence-corrected chi connectivity index (χ4v) is 1.41. The lowest BCUT2D eigenvalue weighted by Crippen LogP contribution is -2.28. The maximum atomic E-state index is 9.98. The average molecular weight is 235 g/mol. The van der Waals surface area contributed by atoms with Gasteiger partial charge in [0.1, 0.15) is 12.4 Å². The fraction of sp³-hybridized carbons (Fsp3) is 0.429. The highest BCUT2D eigenvalue weighted by Gasteiger charge is 2.14. The second-order valence-corrected chi connectivity index (χ2v) is 4.34. The minimum atomic E-state index is -0.504. The van der Waals surface area contributed by atoms with Crippen molar-refractivity contribution < 1.29 is 9.84 Å². The molecule has 1 aromatic carbocycles. The maximum Gasteiger partial charge on any atom is 0.119 e. The normalized spacial score (nSPS) is 14.1. The Balaban J connectivity index is 2.64. The minimum Gasteiger partial charge on any atom is -0.489 e. The number of hydrogen-bond acceptors (Lipinski definition) is 3. The number of rotatable bonds is 6. The van der Waals surface area contributed by atoms with Crippen LogP contribution in [0.3, 0.4) is 0 Å². The number of hydrogen-bond donors (Lipinski definition) is 2. The second kappa shape index (κ2) is 6.42. The molecule has 3 heteroatoms. The van der Waals surface area contributed by atoms with Crippen molar-refractivity contribution in [2.24, 2.45) is 0 Å². The van der Waals surface area contributed by atoms with Crippen LogP contribution in [0.15, 0.2) is 36.4 Å². The first kappa shape index (κ1) is 13.7. The van der Waals surface area contributed by atoms with Crippen LogP contribution >= 0.6 is 0 Å². The Morgan fingerprint density at radius 2 is 2.00 bits per heavy atom. The third-order valence-corrected chi connectivity index (χ3v) is 2.64. The summed E-state index contributed by atoms with van der Waals surface area (Å²) in [5, 5.41) is 13.0. The summed E-state index contributed by atoms with van der Waals surface area (Å²) in [6.07, 6.45) is -0.504. The zero-order valence-corrected chi connectivity index (χ0v) is 10.7. The molecule has 0 amide bonds. The quantitative estimate of drug-likeness (QED) is 0.743. The number of ether oxygens (including phenoxy) is 1. The molecular formula is C14H21NO2. The van der Waals surface area contributed by atoms with Crippen molar-refractivity contribution in [2.75, 3.05) is 13.7 Å². The highest BCUT2D eigenvalue weighted by Crippen LogP contribution is 2.20. The molecule has 2 N–H and O–H groups in total. The van der Waals surface area contributed by atoms with Crippen molar-refractivity contribution in [3.8, 4) is 5.75 Å². The minimum absolute atomic E-state index is 0.0252. The van der Waals surface area contributed by atoms with Crippen molar-refractivity contribution in [1.82, 2.24) is 5.32 Å². The second-order valence-electron chi connectivity index (χ2n) is 4.34. The van der Waals surface area contributed by atoms with Crippen molar-refractivity contribution in [1.29, 1.82) is 0 Å². The zero-order valence-electron chi connectivity index (χ0n) is 10.7. The zero-order chi connectivity index (χ0) is 12.8. The molecule has 1 aromatic rings. The standard InChI is InChI=1S/C14H21NO2/c1-10(2)9-17-13-7-5-12(6-8-13)14(16)11(3)15-4/h5-8,11,14-16H,1,9H2,2-4H3. The van der Waals surface area contributed by atoms with E-state index in [0.717, 1.165) is 16.9 Å². The molecule has 0 fully saturated rings. The van der Waals surface area contributed by atoms with Crippen LogP contribution in [0.1, 0.15) is 25.5 Å². The summed E-state index contributed by atoms with van der Waals surface area (Å²) in [6, 6.07) is 7.52. The van der Waals surface area contributed by atoms with E-state index in [1.807, 2.05) is 45.2 Å². The Hall–Kier alpha value is -1.32. The van der Waals surface area contributed by atoms with Gasteiger partial charge in [0, 0.05) is 6.04 Å². The molecule has 0 spiro atoms. The number of aliphatic hydroxyl groups is 1. The van der Waals surface area contributed by atoms with Crippen LogP contribution in [0.2, 0.25) is 0 Å². The number of likely N-dealkylation sites (N-methyl/N-ethyl adjacent to an activating group) is 1. The van der Waals surface area contributed by atoms with Gasteiger partial charge in [-0.3, -0.25) is 0 Å². The van der Waals surface area contributed by atoms with Crippen LogP contribution < -0.4 is 10.1 Å². The van der Waals surface area contributed by atoms with E-state index in [0.29, 0.717) is 6.61 Å². The molecule has 0 aliphatic carbocycles. The van der Waals surface area contributed by atoms with Gasteiger partial charge < -0.3 is 15.2 Å². The van der Waals surface area contributed by atoms with Gasteiger partial charge in [0.05, 0.1) is 6.10 Å². The summed E-state index contributed by atoms with van der Waals surface area (Å²) >= 11 is 0. The van der Waals surface area contributed by atoms with E-state index < -0.39 is 6.10 Å². The molecule has 0 bridgehead atoms. The Kier molecular flexibility index (Phi) is 5.19. The molecule has 94 valence electrons. The molecule has 0 aliphatic rings. The summed E-state index contributed by atoms with van der Waals surface area (Å²) in [7, 11) is 1.83. The maximum absolute atomic E-state index is 9.98. The molecule has 0 radical (unpaired) electrons. The molecule has 0 aromatic heterocycles. The third-order valence-electron chi connectivity index (χ3n) is 2.64. The molecule has 3 nitrogen and oxygen atoms in total. The van der Waals surface area contributed by atoms with Crippen LogP contribution in [0.25, 0.3) is 0 Å². The number of aliphatic hydroxyl groups excluding tert-OH is 1. The van der Waals surface area contributed by atoms with Gasteiger partial charge in [-0.15, -0.1) is 0 Å². The van der Waals surface area contributed by atoms with Gasteiger partial charge in [-0.05, 0) is 44.2 Å². The van der Waals surface area contributed by atoms with Gasteiger partial charge in [0.25, 0.3) is 0 Å². The predicted octanol–water partition coefficient (Wildman–Crippen LogP) is 2.28. The molecule has 0 aliphatic heterocycles. The highest BCUT2D eigenvalue weighted by molar-refractivity contribution is 5.29. The largest absolute Gasteiger partial charge is 0.489 e.